The minimum absolute atomic E-state index is 0.116. The summed E-state index contributed by atoms with van der Waals surface area (Å²) in [5, 5.41) is 0.134. The van der Waals surface area contributed by atoms with Crippen LogP contribution in [0.2, 0.25) is 0 Å². The van der Waals surface area contributed by atoms with E-state index in [4.69, 9.17) is 11.6 Å². The molecule has 2 atom stereocenters. The molecule has 2 unspecified atom stereocenters. The highest BCUT2D eigenvalue weighted by Gasteiger charge is 2.45. The minimum atomic E-state index is -3.21. The summed E-state index contributed by atoms with van der Waals surface area (Å²) in [6.07, 6.45) is 5.67. The van der Waals surface area contributed by atoms with Gasteiger partial charge in [-0.1, -0.05) is 6.07 Å². The number of alkyl halides is 1. The molecule has 1 aromatic rings. The van der Waals surface area contributed by atoms with Crippen LogP contribution >= 0.6 is 11.6 Å². The SMILES string of the molecule is O=S(=O)(CCc1ccccn1)N1C2CCC1CC(Cl)C2. The fourth-order valence-electron chi connectivity index (χ4n) is 3.41. The monoisotopic (exact) mass is 314 g/mol. The molecule has 20 heavy (non-hydrogen) atoms. The number of hydrogen-bond donors (Lipinski definition) is 0. The van der Waals surface area contributed by atoms with E-state index in [0.717, 1.165) is 31.4 Å². The second-order valence-electron chi connectivity index (χ2n) is 5.67. The second-order valence-corrected chi connectivity index (χ2v) is 8.28. The van der Waals surface area contributed by atoms with E-state index < -0.39 is 10.0 Å². The van der Waals surface area contributed by atoms with Crippen LogP contribution in [-0.2, 0) is 16.4 Å². The molecule has 2 fully saturated rings. The molecule has 0 saturated carbocycles. The molecular formula is C14H19ClN2O2S. The third-order valence-electron chi connectivity index (χ3n) is 4.27. The summed E-state index contributed by atoms with van der Waals surface area (Å²) in [6.45, 7) is 0. The molecule has 4 nitrogen and oxygen atoms in total. The molecule has 110 valence electrons. The summed E-state index contributed by atoms with van der Waals surface area (Å²) < 4.78 is 26.9. The molecule has 0 aliphatic carbocycles. The van der Waals surface area contributed by atoms with Crippen molar-refractivity contribution in [3.05, 3.63) is 30.1 Å². The first-order chi connectivity index (χ1) is 9.56. The normalized spacial score (nSPS) is 30.6. The average molecular weight is 315 g/mol. The van der Waals surface area contributed by atoms with Crippen LogP contribution in [0.1, 0.15) is 31.4 Å². The number of hydrogen-bond acceptors (Lipinski definition) is 3. The van der Waals surface area contributed by atoms with Crippen LogP contribution in [0, 0.1) is 0 Å². The van der Waals surface area contributed by atoms with Crippen molar-refractivity contribution in [2.24, 2.45) is 0 Å². The van der Waals surface area contributed by atoms with Crippen LogP contribution in [0.4, 0.5) is 0 Å². The van der Waals surface area contributed by atoms with Gasteiger partial charge in [0, 0.05) is 35.8 Å². The maximum atomic E-state index is 12.6. The molecule has 2 saturated heterocycles. The molecule has 2 bridgehead atoms. The Kier molecular flexibility index (Phi) is 4.02. The number of piperidine rings is 1. The lowest BCUT2D eigenvalue weighted by molar-refractivity contribution is 0.251. The third kappa shape index (κ3) is 2.85. The number of halogens is 1. The Labute approximate surface area is 125 Å². The summed E-state index contributed by atoms with van der Waals surface area (Å²) in [6, 6.07) is 5.82. The van der Waals surface area contributed by atoms with Crippen LogP contribution < -0.4 is 0 Å². The molecule has 2 aliphatic rings. The van der Waals surface area contributed by atoms with E-state index in [2.05, 4.69) is 4.98 Å². The Morgan fingerprint density at radius 2 is 1.95 bits per heavy atom. The zero-order valence-corrected chi connectivity index (χ0v) is 12.9. The van der Waals surface area contributed by atoms with Gasteiger partial charge in [0.15, 0.2) is 0 Å². The lowest BCUT2D eigenvalue weighted by Gasteiger charge is -2.35. The lowest BCUT2D eigenvalue weighted by Crippen LogP contribution is -2.47. The Balaban J connectivity index is 1.70. The van der Waals surface area contributed by atoms with Crippen LogP contribution in [0.5, 0.6) is 0 Å². The molecular weight excluding hydrogens is 296 g/mol. The molecule has 0 radical (unpaired) electrons. The van der Waals surface area contributed by atoms with E-state index in [-0.39, 0.29) is 23.2 Å². The summed E-state index contributed by atoms with van der Waals surface area (Å²) in [7, 11) is -3.21. The fourth-order valence-corrected chi connectivity index (χ4v) is 5.79. The second kappa shape index (κ2) is 5.62. The first kappa shape index (κ1) is 14.3. The van der Waals surface area contributed by atoms with Crippen molar-refractivity contribution >= 4 is 21.6 Å². The number of sulfonamides is 1. The maximum Gasteiger partial charge on any atom is 0.214 e. The van der Waals surface area contributed by atoms with E-state index in [0.29, 0.717) is 6.42 Å². The first-order valence-electron chi connectivity index (χ1n) is 7.11. The highest BCUT2D eigenvalue weighted by molar-refractivity contribution is 7.89. The summed E-state index contributed by atoms with van der Waals surface area (Å²) >= 11 is 6.20. The van der Waals surface area contributed by atoms with E-state index in [1.165, 1.54) is 0 Å². The third-order valence-corrected chi connectivity index (χ3v) is 6.59. The number of pyridine rings is 1. The zero-order chi connectivity index (χ0) is 14.2. The van der Waals surface area contributed by atoms with Gasteiger partial charge in [-0.2, -0.15) is 4.31 Å². The molecule has 1 aromatic heterocycles. The van der Waals surface area contributed by atoms with Crippen molar-refractivity contribution in [3.63, 3.8) is 0 Å². The number of nitrogens with zero attached hydrogens (tertiary/aromatic N) is 2. The van der Waals surface area contributed by atoms with Gasteiger partial charge in [0.1, 0.15) is 0 Å². The highest BCUT2D eigenvalue weighted by atomic mass is 35.5. The molecule has 0 N–H and O–H groups in total. The van der Waals surface area contributed by atoms with Gasteiger partial charge in [0.2, 0.25) is 10.0 Å². The van der Waals surface area contributed by atoms with E-state index in [1.807, 2.05) is 18.2 Å². The summed E-state index contributed by atoms with van der Waals surface area (Å²) in [4.78, 5) is 4.19. The molecule has 3 heterocycles. The molecule has 0 amide bonds. The van der Waals surface area contributed by atoms with Crippen molar-refractivity contribution in [3.8, 4) is 0 Å². The molecule has 2 aliphatic heterocycles. The Hall–Kier alpha value is -0.650. The highest BCUT2D eigenvalue weighted by Crippen LogP contribution is 2.39. The standard InChI is InChI=1S/C14H19ClN2O2S/c15-11-9-13-4-5-14(10-11)17(13)20(18,19)8-6-12-3-1-2-7-16-12/h1-3,7,11,13-14H,4-6,8-10H2. The van der Waals surface area contributed by atoms with Crippen molar-refractivity contribution in [1.29, 1.82) is 0 Å². The Morgan fingerprint density at radius 1 is 1.25 bits per heavy atom. The van der Waals surface area contributed by atoms with Gasteiger partial charge in [-0.25, -0.2) is 8.42 Å². The number of rotatable bonds is 4. The van der Waals surface area contributed by atoms with Crippen molar-refractivity contribution < 1.29 is 8.42 Å². The quantitative estimate of drug-likeness (QED) is 0.800. The average Bonchev–Trinajstić information content (AvgIpc) is 2.72. The van der Waals surface area contributed by atoms with Gasteiger partial charge in [-0.15, -0.1) is 11.6 Å². The van der Waals surface area contributed by atoms with Crippen LogP contribution in [0.3, 0.4) is 0 Å². The topological polar surface area (TPSA) is 50.3 Å². The number of aromatic nitrogens is 1. The summed E-state index contributed by atoms with van der Waals surface area (Å²) in [5.41, 5.74) is 0.829. The van der Waals surface area contributed by atoms with Gasteiger partial charge in [0.25, 0.3) is 0 Å². The molecule has 0 aromatic carbocycles. The predicted molar refractivity (Wildman–Crippen MR) is 79.3 cm³/mol. The minimum Gasteiger partial charge on any atom is -0.261 e. The Bertz CT molecular complexity index is 550. The van der Waals surface area contributed by atoms with Gasteiger partial charge < -0.3 is 0 Å². The van der Waals surface area contributed by atoms with Crippen molar-refractivity contribution in [1.82, 2.24) is 9.29 Å². The maximum absolute atomic E-state index is 12.6. The number of fused-ring (bicyclic) bond motifs is 2. The van der Waals surface area contributed by atoms with Gasteiger partial charge in [0.05, 0.1) is 5.75 Å². The van der Waals surface area contributed by atoms with Gasteiger partial charge >= 0.3 is 0 Å². The van der Waals surface area contributed by atoms with Gasteiger partial charge in [-0.05, 0) is 37.8 Å². The van der Waals surface area contributed by atoms with Crippen LogP contribution in [0.15, 0.2) is 24.4 Å². The van der Waals surface area contributed by atoms with E-state index in [9.17, 15) is 8.42 Å². The van der Waals surface area contributed by atoms with E-state index >= 15 is 0 Å². The predicted octanol–water partition coefficient (Wildman–Crippen LogP) is 2.19. The molecule has 0 spiro atoms. The largest absolute Gasteiger partial charge is 0.261 e. The molecule has 6 heteroatoms. The first-order valence-corrected chi connectivity index (χ1v) is 9.16. The summed E-state index contributed by atoms with van der Waals surface area (Å²) in [5.74, 6) is 0.143. The zero-order valence-electron chi connectivity index (χ0n) is 11.3. The van der Waals surface area contributed by atoms with E-state index in [1.54, 1.807) is 10.5 Å². The molecule has 3 rings (SSSR count). The fraction of sp³-hybridized carbons (Fsp3) is 0.643. The van der Waals surface area contributed by atoms with Crippen molar-refractivity contribution in [2.45, 2.75) is 49.6 Å². The van der Waals surface area contributed by atoms with Crippen LogP contribution in [0.25, 0.3) is 0 Å². The van der Waals surface area contributed by atoms with Crippen molar-refractivity contribution in [2.75, 3.05) is 5.75 Å². The van der Waals surface area contributed by atoms with Gasteiger partial charge in [-0.3, -0.25) is 4.98 Å². The smallest absolute Gasteiger partial charge is 0.214 e. The van der Waals surface area contributed by atoms with Crippen LogP contribution in [-0.4, -0.2) is 40.9 Å². The number of aryl methyl sites for hydroxylation is 1. The lowest BCUT2D eigenvalue weighted by atomic mass is 10.1. The Morgan fingerprint density at radius 3 is 2.55 bits per heavy atom.